The van der Waals surface area contributed by atoms with Gasteiger partial charge in [-0.25, -0.2) is 9.37 Å². The van der Waals surface area contributed by atoms with E-state index < -0.39 is 42.0 Å². The van der Waals surface area contributed by atoms with E-state index in [1.54, 1.807) is 12.1 Å². The smallest absolute Gasteiger partial charge is 0.305 e. The summed E-state index contributed by atoms with van der Waals surface area (Å²) < 4.78 is 13.0. The molecule has 12 heteroatoms. The van der Waals surface area contributed by atoms with Gasteiger partial charge in [-0.2, -0.15) is 0 Å². The van der Waals surface area contributed by atoms with Crippen LogP contribution < -0.4 is 10.6 Å². The summed E-state index contributed by atoms with van der Waals surface area (Å²) in [5.41, 5.74) is 0.824. The fourth-order valence-electron chi connectivity index (χ4n) is 2.64. The highest BCUT2D eigenvalue weighted by Crippen LogP contribution is 2.14. The molecule has 0 radical (unpaired) electrons. The van der Waals surface area contributed by atoms with Crippen molar-refractivity contribution < 1.29 is 38.6 Å². The summed E-state index contributed by atoms with van der Waals surface area (Å²) in [6, 6.07) is 7.13. The molecule has 10 nitrogen and oxygen atoms in total. The zero-order valence-corrected chi connectivity index (χ0v) is 18.6. The van der Waals surface area contributed by atoms with Crippen LogP contribution in [0.2, 0.25) is 0 Å². The van der Waals surface area contributed by atoms with Gasteiger partial charge >= 0.3 is 11.9 Å². The second-order valence-electron chi connectivity index (χ2n) is 7.08. The Hall–Kier alpha value is -3.80. The first-order valence-corrected chi connectivity index (χ1v) is 11.1. The Morgan fingerprint density at radius 1 is 0.971 bits per heavy atom. The van der Waals surface area contributed by atoms with E-state index in [0.29, 0.717) is 5.75 Å². The number of nitrogens with one attached hydrogen (secondary N) is 2. The first-order chi connectivity index (χ1) is 16.1. The van der Waals surface area contributed by atoms with Gasteiger partial charge in [-0.1, -0.05) is 12.1 Å². The van der Waals surface area contributed by atoms with E-state index in [1.807, 2.05) is 0 Å². The van der Waals surface area contributed by atoms with Crippen LogP contribution >= 0.6 is 11.8 Å². The van der Waals surface area contributed by atoms with Crippen LogP contribution in [0.25, 0.3) is 0 Å². The van der Waals surface area contributed by atoms with Gasteiger partial charge in [0, 0.05) is 18.4 Å². The molecule has 2 aromatic rings. The molecule has 2 rings (SSSR count). The average Bonchev–Trinajstić information content (AvgIpc) is 2.78. The number of carboxylic acid groups (broad SMARTS) is 2. The van der Waals surface area contributed by atoms with E-state index in [9.17, 15) is 28.4 Å². The summed E-state index contributed by atoms with van der Waals surface area (Å²) in [6.45, 7) is 0. The molecule has 180 valence electrons. The summed E-state index contributed by atoms with van der Waals surface area (Å²) in [5.74, 6) is -4.08. The standard InChI is InChI=1S/C22H22FN3O7S/c23-15-4-1-13(2-5-15)11-34-12-17(27)16(9-21(31)32)25-22(33)14-3-6-18(24-10-14)26-19(28)7-8-20(29)30/h1-6,10,16H,7-9,11-12H2,(H,25,33)(H,29,30)(H,31,32)(H,24,26,28)/t16-/m0/s1. The molecule has 0 aliphatic heterocycles. The number of pyridine rings is 1. The van der Waals surface area contributed by atoms with Gasteiger partial charge in [-0.05, 0) is 29.8 Å². The molecule has 0 aliphatic carbocycles. The minimum atomic E-state index is -1.26. The molecule has 1 atom stereocenters. The summed E-state index contributed by atoms with van der Waals surface area (Å²) in [6.07, 6.45) is -0.0501. The topological polar surface area (TPSA) is 163 Å². The van der Waals surface area contributed by atoms with Crippen LogP contribution in [-0.4, -0.2) is 56.5 Å². The Bertz CT molecular complexity index is 1050. The second-order valence-corrected chi connectivity index (χ2v) is 8.07. The van der Waals surface area contributed by atoms with Crippen molar-refractivity contribution in [2.75, 3.05) is 11.1 Å². The van der Waals surface area contributed by atoms with E-state index in [0.717, 1.165) is 11.8 Å². The van der Waals surface area contributed by atoms with Crippen LogP contribution in [0.4, 0.5) is 10.2 Å². The summed E-state index contributed by atoms with van der Waals surface area (Å²) in [5, 5.41) is 22.5. The molecule has 0 aliphatic rings. The van der Waals surface area contributed by atoms with Gasteiger partial charge in [0.2, 0.25) is 5.91 Å². The molecule has 4 N–H and O–H groups in total. The fraction of sp³-hybridized carbons (Fsp3) is 0.273. The molecular formula is C22H22FN3O7S. The normalized spacial score (nSPS) is 11.3. The summed E-state index contributed by atoms with van der Waals surface area (Å²) in [4.78, 5) is 62.2. The molecule has 1 aromatic carbocycles. The van der Waals surface area contributed by atoms with Crippen molar-refractivity contribution in [2.45, 2.75) is 31.1 Å². The largest absolute Gasteiger partial charge is 0.481 e. The van der Waals surface area contributed by atoms with Crippen LogP contribution in [0.3, 0.4) is 0 Å². The molecule has 1 aromatic heterocycles. The molecule has 0 fully saturated rings. The van der Waals surface area contributed by atoms with E-state index in [4.69, 9.17) is 10.2 Å². The van der Waals surface area contributed by atoms with Gasteiger partial charge in [0.05, 0.1) is 30.2 Å². The number of hydrogen-bond donors (Lipinski definition) is 4. The number of halogens is 1. The second kappa shape index (κ2) is 13.0. The number of aromatic nitrogens is 1. The van der Waals surface area contributed by atoms with Crippen molar-refractivity contribution in [1.29, 1.82) is 0 Å². The molecular weight excluding hydrogens is 469 g/mol. The van der Waals surface area contributed by atoms with Gasteiger partial charge in [-0.15, -0.1) is 11.8 Å². The number of carbonyl (C=O) groups is 5. The van der Waals surface area contributed by atoms with Crippen molar-refractivity contribution in [3.8, 4) is 0 Å². The van der Waals surface area contributed by atoms with Crippen molar-refractivity contribution in [1.82, 2.24) is 10.3 Å². The number of carbonyl (C=O) groups excluding carboxylic acids is 3. The van der Waals surface area contributed by atoms with Crippen LogP contribution in [0.1, 0.15) is 35.2 Å². The van der Waals surface area contributed by atoms with Crippen molar-refractivity contribution in [3.63, 3.8) is 0 Å². The number of aliphatic carboxylic acids is 2. The maximum atomic E-state index is 13.0. The molecule has 34 heavy (non-hydrogen) atoms. The first-order valence-electron chi connectivity index (χ1n) is 9.99. The molecule has 2 amide bonds. The molecule has 0 saturated carbocycles. The minimum absolute atomic E-state index is 0.0330. The number of amides is 2. The molecule has 0 spiro atoms. The number of hydrogen-bond acceptors (Lipinski definition) is 7. The lowest BCUT2D eigenvalue weighted by atomic mass is 10.1. The zero-order valence-electron chi connectivity index (χ0n) is 17.8. The third-order valence-electron chi connectivity index (χ3n) is 4.36. The maximum absolute atomic E-state index is 13.0. The number of benzene rings is 1. The quantitative estimate of drug-likeness (QED) is 0.329. The number of thioether (sulfide) groups is 1. The number of anilines is 1. The lowest BCUT2D eigenvalue weighted by Gasteiger charge is -2.16. The maximum Gasteiger partial charge on any atom is 0.305 e. The Morgan fingerprint density at radius 2 is 1.68 bits per heavy atom. The van der Waals surface area contributed by atoms with Crippen LogP contribution in [0.5, 0.6) is 0 Å². The first kappa shape index (κ1) is 26.5. The molecule has 0 bridgehead atoms. The predicted molar refractivity (Wildman–Crippen MR) is 121 cm³/mol. The molecule has 0 unspecified atom stereocenters. The molecule has 0 saturated heterocycles. The van der Waals surface area contributed by atoms with Crippen molar-refractivity contribution in [3.05, 3.63) is 59.5 Å². The van der Waals surface area contributed by atoms with Gasteiger partial charge in [0.25, 0.3) is 5.91 Å². The van der Waals surface area contributed by atoms with Crippen LogP contribution in [-0.2, 0) is 24.9 Å². The predicted octanol–water partition coefficient (Wildman–Crippen LogP) is 2.10. The zero-order chi connectivity index (χ0) is 25.1. The fourth-order valence-corrected chi connectivity index (χ4v) is 3.57. The highest BCUT2D eigenvalue weighted by Gasteiger charge is 2.24. The van der Waals surface area contributed by atoms with Gasteiger partial charge in [-0.3, -0.25) is 24.0 Å². The number of nitrogens with zero attached hydrogens (tertiary/aromatic N) is 1. The minimum Gasteiger partial charge on any atom is -0.481 e. The number of carboxylic acids is 2. The van der Waals surface area contributed by atoms with E-state index >= 15 is 0 Å². The average molecular weight is 491 g/mol. The SMILES string of the molecule is O=C(O)CCC(=O)Nc1ccc(C(=O)N[C@@H](CC(=O)O)C(=O)CSCc2ccc(F)cc2)cn1. The monoisotopic (exact) mass is 491 g/mol. The van der Waals surface area contributed by atoms with Crippen molar-refractivity contribution >= 4 is 47.1 Å². The Balaban J connectivity index is 1.92. The third kappa shape index (κ3) is 9.36. The highest BCUT2D eigenvalue weighted by atomic mass is 32.2. The Morgan fingerprint density at radius 3 is 2.26 bits per heavy atom. The van der Waals surface area contributed by atoms with E-state index in [2.05, 4.69) is 15.6 Å². The van der Waals surface area contributed by atoms with Crippen molar-refractivity contribution in [2.24, 2.45) is 0 Å². The third-order valence-corrected chi connectivity index (χ3v) is 5.38. The Kier molecular flexibility index (Phi) is 10.1. The van der Waals surface area contributed by atoms with Crippen LogP contribution in [0.15, 0.2) is 42.6 Å². The Labute approximate surface area is 198 Å². The molecule has 1 heterocycles. The highest BCUT2D eigenvalue weighted by molar-refractivity contribution is 7.99. The lowest BCUT2D eigenvalue weighted by Crippen LogP contribution is -2.43. The lowest BCUT2D eigenvalue weighted by molar-refractivity contribution is -0.139. The van der Waals surface area contributed by atoms with Gasteiger partial charge in [0.1, 0.15) is 11.6 Å². The van der Waals surface area contributed by atoms with Gasteiger partial charge < -0.3 is 20.8 Å². The van der Waals surface area contributed by atoms with E-state index in [1.165, 1.54) is 36.0 Å². The number of rotatable bonds is 13. The van der Waals surface area contributed by atoms with Crippen LogP contribution in [0, 0.1) is 5.82 Å². The number of ketones is 1. The number of Topliss-reactive ketones (excluding diaryl/α,β-unsaturated/α-hetero) is 1. The van der Waals surface area contributed by atoms with E-state index in [-0.39, 0.29) is 35.8 Å². The summed E-state index contributed by atoms with van der Waals surface area (Å²) in [7, 11) is 0. The van der Waals surface area contributed by atoms with Gasteiger partial charge in [0.15, 0.2) is 5.78 Å². The summed E-state index contributed by atoms with van der Waals surface area (Å²) >= 11 is 1.21.